The van der Waals surface area contributed by atoms with Crippen LogP contribution in [-0.4, -0.2) is 18.2 Å². The van der Waals surface area contributed by atoms with E-state index in [0.29, 0.717) is 5.75 Å². The lowest BCUT2D eigenvalue weighted by Crippen LogP contribution is -2.27. The molecule has 1 aromatic carbocycles. The van der Waals surface area contributed by atoms with E-state index in [1.165, 1.54) is 0 Å². The first-order chi connectivity index (χ1) is 10.3. The summed E-state index contributed by atoms with van der Waals surface area (Å²) in [5.41, 5.74) is 1.64. The van der Waals surface area contributed by atoms with E-state index >= 15 is 0 Å². The van der Waals surface area contributed by atoms with Crippen LogP contribution in [0, 0.1) is 0 Å². The molecule has 3 nitrogen and oxygen atoms in total. The fraction of sp³-hybridized carbons (Fsp3) is 0.316. The zero-order valence-corrected chi connectivity index (χ0v) is 13.6. The highest BCUT2D eigenvalue weighted by atomic mass is 16.6. The molecular weight excluding hydrogens is 276 g/mol. The normalized spacial score (nSPS) is 11.7. The first-order valence-electron chi connectivity index (χ1n) is 7.21. The summed E-state index contributed by atoms with van der Waals surface area (Å²) in [5, 5.41) is 0. The third-order valence-electron chi connectivity index (χ3n) is 2.68. The molecule has 0 amide bonds. The zero-order chi connectivity index (χ0) is 16.6. The van der Waals surface area contributed by atoms with Crippen molar-refractivity contribution in [1.29, 1.82) is 0 Å². The van der Waals surface area contributed by atoms with Crippen LogP contribution in [0.2, 0.25) is 0 Å². The summed E-state index contributed by atoms with van der Waals surface area (Å²) in [6, 6.07) is 7.62. The molecule has 118 valence electrons. The molecule has 0 spiro atoms. The smallest absolute Gasteiger partial charge is 0.344 e. The van der Waals surface area contributed by atoms with Crippen LogP contribution < -0.4 is 4.74 Å². The molecule has 0 aromatic heterocycles. The number of benzene rings is 1. The molecule has 3 heteroatoms. The van der Waals surface area contributed by atoms with Crippen molar-refractivity contribution in [3.8, 4) is 5.75 Å². The molecule has 0 saturated heterocycles. The molecule has 0 saturated carbocycles. The second kappa shape index (κ2) is 8.23. The van der Waals surface area contributed by atoms with Gasteiger partial charge in [0.15, 0.2) is 6.61 Å². The molecule has 0 aliphatic carbocycles. The van der Waals surface area contributed by atoms with E-state index in [0.717, 1.165) is 17.6 Å². The summed E-state index contributed by atoms with van der Waals surface area (Å²) in [6.45, 7) is 12.9. The molecule has 0 aliphatic rings. The van der Waals surface area contributed by atoms with Gasteiger partial charge in [0.05, 0.1) is 0 Å². The number of ether oxygens (including phenoxy) is 2. The summed E-state index contributed by atoms with van der Waals surface area (Å²) in [7, 11) is 0. The van der Waals surface area contributed by atoms with Gasteiger partial charge < -0.3 is 9.47 Å². The van der Waals surface area contributed by atoms with Crippen LogP contribution >= 0.6 is 0 Å². The van der Waals surface area contributed by atoms with Crippen LogP contribution in [0.4, 0.5) is 0 Å². The summed E-state index contributed by atoms with van der Waals surface area (Å²) < 4.78 is 10.7. The lowest BCUT2D eigenvalue weighted by molar-refractivity contribution is -0.157. The van der Waals surface area contributed by atoms with Gasteiger partial charge in [0.25, 0.3) is 0 Å². The monoisotopic (exact) mass is 300 g/mol. The summed E-state index contributed by atoms with van der Waals surface area (Å²) in [4.78, 5) is 11.6. The first-order valence-corrected chi connectivity index (χ1v) is 7.21. The van der Waals surface area contributed by atoms with E-state index in [4.69, 9.17) is 9.47 Å². The number of hydrogen-bond donors (Lipinski definition) is 0. The first kappa shape index (κ1) is 17.8. The largest absolute Gasteiger partial charge is 0.482 e. The molecule has 0 unspecified atom stereocenters. The Bertz CT molecular complexity index is 562. The number of allylic oxidation sites excluding steroid dienone is 4. The second-order valence-corrected chi connectivity index (χ2v) is 5.88. The summed E-state index contributed by atoms with van der Waals surface area (Å²) in [6.07, 6.45) is 6.19. The topological polar surface area (TPSA) is 35.5 Å². The molecule has 0 N–H and O–H groups in total. The van der Waals surface area contributed by atoms with Gasteiger partial charge in [-0.2, -0.15) is 0 Å². The Morgan fingerprint density at radius 2 is 2.00 bits per heavy atom. The van der Waals surface area contributed by atoms with Gasteiger partial charge in [-0.05, 0) is 50.5 Å². The highest BCUT2D eigenvalue weighted by molar-refractivity contribution is 5.71. The van der Waals surface area contributed by atoms with E-state index in [1.807, 2.05) is 51.1 Å². The lowest BCUT2D eigenvalue weighted by Gasteiger charge is -2.19. The van der Waals surface area contributed by atoms with Crippen LogP contribution in [0.5, 0.6) is 5.75 Å². The third kappa shape index (κ3) is 6.93. The van der Waals surface area contributed by atoms with E-state index in [-0.39, 0.29) is 12.6 Å². The maximum Gasteiger partial charge on any atom is 0.344 e. The molecule has 0 heterocycles. The number of carbonyl (C=O) groups is 1. The summed E-state index contributed by atoms with van der Waals surface area (Å²) >= 11 is 0. The Morgan fingerprint density at radius 1 is 1.27 bits per heavy atom. The molecule has 0 bridgehead atoms. The Labute approximate surface area is 132 Å². The SMILES string of the molecule is C=C/C=C(\C=C)Cc1cccc(OCC(=O)OC(C)(C)C)c1. The average Bonchev–Trinajstić information content (AvgIpc) is 2.43. The van der Waals surface area contributed by atoms with Crippen LogP contribution in [0.15, 0.2) is 61.2 Å². The van der Waals surface area contributed by atoms with E-state index in [9.17, 15) is 4.79 Å². The molecule has 0 radical (unpaired) electrons. The maximum absolute atomic E-state index is 11.6. The predicted octanol–water partition coefficient (Wildman–Crippen LogP) is 4.25. The molecule has 22 heavy (non-hydrogen) atoms. The van der Waals surface area contributed by atoms with Gasteiger partial charge in [-0.3, -0.25) is 0 Å². The fourth-order valence-electron chi connectivity index (χ4n) is 1.84. The minimum Gasteiger partial charge on any atom is -0.482 e. The van der Waals surface area contributed by atoms with Crippen molar-refractivity contribution >= 4 is 5.97 Å². The Kier molecular flexibility index (Phi) is 6.64. The van der Waals surface area contributed by atoms with E-state index < -0.39 is 5.60 Å². The number of rotatable bonds is 7. The molecule has 1 aromatic rings. The minimum atomic E-state index is -0.503. The predicted molar refractivity (Wildman–Crippen MR) is 90.0 cm³/mol. The quantitative estimate of drug-likeness (QED) is 0.558. The highest BCUT2D eigenvalue weighted by Gasteiger charge is 2.16. The van der Waals surface area contributed by atoms with Gasteiger partial charge in [0.1, 0.15) is 11.4 Å². The molecule has 0 fully saturated rings. The van der Waals surface area contributed by atoms with Crippen molar-refractivity contribution in [3.05, 3.63) is 66.8 Å². The number of esters is 1. The van der Waals surface area contributed by atoms with E-state index in [1.54, 1.807) is 12.2 Å². The zero-order valence-electron chi connectivity index (χ0n) is 13.6. The minimum absolute atomic E-state index is 0.0997. The van der Waals surface area contributed by atoms with Gasteiger partial charge >= 0.3 is 5.97 Å². The Balaban J connectivity index is 2.65. The van der Waals surface area contributed by atoms with Crippen molar-refractivity contribution in [2.45, 2.75) is 32.8 Å². The van der Waals surface area contributed by atoms with Crippen molar-refractivity contribution in [3.63, 3.8) is 0 Å². The van der Waals surface area contributed by atoms with E-state index in [2.05, 4.69) is 13.2 Å². The molecule has 0 atom stereocenters. The van der Waals surface area contributed by atoms with Gasteiger partial charge in [-0.25, -0.2) is 4.79 Å². The Morgan fingerprint density at radius 3 is 2.59 bits per heavy atom. The van der Waals surface area contributed by atoms with Gasteiger partial charge in [-0.15, -0.1) is 0 Å². The van der Waals surface area contributed by atoms with Gasteiger partial charge in [0, 0.05) is 0 Å². The average molecular weight is 300 g/mol. The molecular formula is C19H24O3. The van der Waals surface area contributed by atoms with Gasteiger partial charge in [0.2, 0.25) is 0 Å². The molecule has 0 aliphatic heterocycles. The lowest BCUT2D eigenvalue weighted by atomic mass is 10.0. The van der Waals surface area contributed by atoms with Crippen LogP contribution in [0.3, 0.4) is 0 Å². The summed E-state index contributed by atoms with van der Waals surface area (Å²) in [5.74, 6) is 0.265. The van der Waals surface area contributed by atoms with Crippen LogP contribution in [0.25, 0.3) is 0 Å². The van der Waals surface area contributed by atoms with Gasteiger partial charge in [-0.1, -0.05) is 43.5 Å². The third-order valence-corrected chi connectivity index (χ3v) is 2.68. The highest BCUT2D eigenvalue weighted by Crippen LogP contribution is 2.17. The maximum atomic E-state index is 11.6. The van der Waals surface area contributed by atoms with Crippen molar-refractivity contribution in [1.82, 2.24) is 0 Å². The second-order valence-electron chi connectivity index (χ2n) is 5.88. The van der Waals surface area contributed by atoms with Crippen LogP contribution in [-0.2, 0) is 16.0 Å². The fourth-order valence-corrected chi connectivity index (χ4v) is 1.84. The number of carbonyl (C=O) groups excluding carboxylic acids is 1. The van der Waals surface area contributed by atoms with Crippen molar-refractivity contribution < 1.29 is 14.3 Å². The van der Waals surface area contributed by atoms with Crippen molar-refractivity contribution in [2.24, 2.45) is 0 Å². The van der Waals surface area contributed by atoms with Crippen molar-refractivity contribution in [2.75, 3.05) is 6.61 Å². The standard InChI is InChI=1S/C19H24O3/c1-6-9-15(7-2)12-16-10-8-11-17(13-16)21-14-18(20)22-19(3,4)5/h6-11,13H,1-2,12,14H2,3-5H3/b15-9+. The Hall–Kier alpha value is -2.29. The number of hydrogen-bond acceptors (Lipinski definition) is 3. The molecule has 1 rings (SSSR count). The van der Waals surface area contributed by atoms with Crippen LogP contribution in [0.1, 0.15) is 26.3 Å².